The molecule has 0 saturated carbocycles. The maximum atomic E-state index is 11.0. The first-order valence-electron chi connectivity index (χ1n) is 7.76. The molecular weight excluding hydrogens is 304 g/mol. The number of aromatic nitrogens is 2. The van der Waals surface area contributed by atoms with Gasteiger partial charge in [-0.05, 0) is 41.8 Å². The first kappa shape index (κ1) is 15.8. The van der Waals surface area contributed by atoms with E-state index in [4.69, 9.17) is 9.84 Å². The summed E-state index contributed by atoms with van der Waals surface area (Å²) in [6.45, 7) is 2.57. The van der Waals surface area contributed by atoms with Crippen LogP contribution in [0.2, 0.25) is 0 Å². The molecule has 2 N–H and O–H groups in total. The van der Waals surface area contributed by atoms with Crippen molar-refractivity contribution in [2.75, 3.05) is 0 Å². The second-order valence-corrected chi connectivity index (χ2v) is 5.42. The minimum Gasteiger partial charge on any atom is -0.489 e. The van der Waals surface area contributed by atoms with E-state index in [1.165, 1.54) is 6.07 Å². The molecule has 1 heterocycles. The van der Waals surface area contributed by atoms with Gasteiger partial charge in [0.2, 0.25) is 0 Å². The van der Waals surface area contributed by atoms with Crippen LogP contribution in [0.15, 0.2) is 54.6 Å². The fourth-order valence-corrected chi connectivity index (χ4v) is 2.47. The molecule has 0 radical (unpaired) electrons. The smallest absolute Gasteiger partial charge is 0.353 e. The molecule has 122 valence electrons. The molecule has 0 atom stereocenters. The Morgan fingerprint density at radius 3 is 2.62 bits per heavy atom. The Bertz CT molecular complexity index is 841. The Hall–Kier alpha value is -3.08. The van der Waals surface area contributed by atoms with Gasteiger partial charge in [-0.25, -0.2) is 4.79 Å². The highest BCUT2D eigenvalue weighted by molar-refractivity contribution is 5.86. The normalized spacial score (nSPS) is 10.5. The van der Waals surface area contributed by atoms with Crippen molar-refractivity contribution in [3.05, 3.63) is 71.4 Å². The summed E-state index contributed by atoms with van der Waals surface area (Å²) in [5.74, 6) is -0.189. The van der Waals surface area contributed by atoms with Crippen LogP contribution in [0, 0.1) is 0 Å². The van der Waals surface area contributed by atoms with Gasteiger partial charge in [-0.2, -0.15) is 5.10 Å². The number of carboxylic acids is 1. The van der Waals surface area contributed by atoms with E-state index in [1.807, 2.05) is 48.5 Å². The van der Waals surface area contributed by atoms with Gasteiger partial charge in [0.1, 0.15) is 18.1 Å². The summed E-state index contributed by atoms with van der Waals surface area (Å²) >= 11 is 0. The fraction of sp³-hybridized carbons (Fsp3) is 0.158. The molecule has 0 spiro atoms. The number of aryl methyl sites for hydroxylation is 1. The Morgan fingerprint density at radius 2 is 1.96 bits per heavy atom. The molecule has 0 unspecified atom stereocenters. The summed E-state index contributed by atoms with van der Waals surface area (Å²) in [6.07, 6.45) is 0.814. The Kier molecular flexibility index (Phi) is 4.61. The van der Waals surface area contributed by atoms with Crippen LogP contribution in [0.25, 0.3) is 11.3 Å². The lowest BCUT2D eigenvalue weighted by atomic mass is 10.0. The Labute approximate surface area is 139 Å². The van der Waals surface area contributed by atoms with Gasteiger partial charge in [0.05, 0.1) is 5.69 Å². The predicted molar refractivity (Wildman–Crippen MR) is 91.1 cm³/mol. The van der Waals surface area contributed by atoms with E-state index in [9.17, 15) is 4.79 Å². The van der Waals surface area contributed by atoms with Gasteiger partial charge in [0.25, 0.3) is 0 Å². The number of ether oxygens (including phenoxy) is 1. The third kappa shape index (κ3) is 3.46. The molecule has 0 fully saturated rings. The van der Waals surface area contributed by atoms with Crippen LogP contribution in [0.4, 0.5) is 0 Å². The zero-order chi connectivity index (χ0) is 16.9. The third-order valence-electron chi connectivity index (χ3n) is 3.78. The Morgan fingerprint density at radius 1 is 1.17 bits per heavy atom. The number of H-pyrrole nitrogens is 1. The number of aromatic carboxylic acids is 1. The van der Waals surface area contributed by atoms with Crippen LogP contribution < -0.4 is 4.74 Å². The first-order chi connectivity index (χ1) is 11.7. The number of hydrogen-bond donors (Lipinski definition) is 2. The number of nitrogens with zero attached hydrogens (tertiary/aromatic N) is 1. The lowest BCUT2D eigenvalue weighted by Gasteiger charge is -2.12. The van der Waals surface area contributed by atoms with Crippen molar-refractivity contribution in [2.24, 2.45) is 0 Å². The van der Waals surface area contributed by atoms with Crippen molar-refractivity contribution in [2.45, 2.75) is 20.0 Å². The lowest BCUT2D eigenvalue weighted by Crippen LogP contribution is -1.98. The van der Waals surface area contributed by atoms with Crippen molar-refractivity contribution in [3.8, 4) is 17.0 Å². The van der Waals surface area contributed by atoms with Crippen LogP contribution in [-0.4, -0.2) is 21.3 Å². The van der Waals surface area contributed by atoms with E-state index in [2.05, 4.69) is 17.1 Å². The van der Waals surface area contributed by atoms with E-state index >= 15 is 0 Å². The fourth-order valence-electron chi connectivity index (χ4n) is 2.47. The maximum absolute atomic E-state index is 11.0. The van der Waals surface area contributed by atoms with Crippen LogP contribution in [0.1, 0.15) is 28.5 Å². The van der Waals surface area contributed by atoms with E-state index in [-0.39, 0.29) is 5.69 Å². The summed E-state index contributed by atoms with van der Waals surface area (Å²) in [6, 6.07) is 17.3. The molecule has 0 aliphatic rings. The van der Waals surface area contributed by atoms with Crippen LogP contribution >= 0.6 is 0 Å². The molecular formula is C19H18N2O3. The zero-order valence-corrected chi connectivity index (χ0v) is 13.3. The van der Waals surface area contributed by atoms with E-state index in [0.29, 0.717) is 12.3 Å². The van der Waals surface area contributed by atoms with Gasteiger partial charge < -0.3 is 9.84 Å². The summed E-state index contributed by atoms with van der Waals surface area (Å²) < 4.78 is 5.93. The second-order valence-electron chi connectivity index (χ2n) is 5.42. The maximum Gasteiger partial charge on any atom is 0.353 e. The van der Waals surface area contributed by atoms with E-state index in [0.717, 1.165) is 28.9 Å². The topological polar surface area (TPSA) is 75.2 Å². The molecule has 0 saturated heterocycles. The average Bonchev–Trinajstić information content (AvgIpc) is 3.11. The van der Waals surface area contributed by atoms with E-state index in [1.54, 1.807) is 0 Å². The van der Waals surface area contributed by atoms with Crippen molar-refractivity contribution in [3.63, 3.8) is 0 Å². The number of rotatable bonds is 6. The first-order valence-corrected chi connectivity index (χ1v) is 7.76. The highest BCUT2D eigenvalue weighted by atomic mass is 16.5. The van der Waals surface area contributed by atoms with E-state index < -0.39 is 5.97 Å². The minimum atomic E-state index is -1.02. The highest BCUT2D eigenvalue weighted by Crippen LogP contribution is 2.27. The number of nitrogens with one attached hydrogen (secondary N) is 1. The lowest BCUT2D eigenvalue weighted by molar-refractivity contribution is 0.0690. The SMILES string of the molecule is CCc1cc(-c2cc(C(=O)O)[nH]n2)ccc1OCc1ccccc1. The van der Waals surface area contributed by atoms with Crippen LogP contribution in [0.3, 0.4) is 0 Å². The van der Waals surface area contributed by atoms with Crippen molar-refractivity contribution in [1.82, 2.24) is 10.2 Å². The Balaban J connectivity index is 1.80. The molecule has 2 aromatic carbocycles. The molecule has 3 rings (SSSR count). The minimum absolute atomic E-state index is 0.0763. The molecule has 0 amide bonds. The summed E-state index contributed by atoms with van der Waals surface area (Å²) in [7, 11) is 0. The molecule has 1 aromatic heterocycles. The van der Waals surface area contributed by atoms with Gasteiger partial charge >= 0.3 is 5.97 Å². The summed E-state index contributed by atoms with van der Waals surface area (Å²) in [5, 5.41) is 15.6. The van der Waals surface area contributed by atoms with Crippen LogP contribution in [0.5, 0.6) is 5.75 Å². The molecule has 3 aromatic rings. The summed E-state index contributed by atoms with van der Waals surface area (Å²) in [5.41, 5.74) is 3.72. The van der Waals surface area contributed by atoms with Gasteiger partial charge in [0.15, 0.2) is 0 Å². The monoisotopic (exact) mass is 322 g/mol. The summed E-state index contributed by atoms with van der Waals surface area (Å²) in [4.78, 5) is 11.0. The van der Waals surface area contributed by atoms with Crippen molar-refractivity contribution >= 4 is 5.97 Å². The molecule has 0 aliphatic heterocycles. The number of aromatic amines is 1. The van der Waals surface area contributed by atoms with Crippen molar-refractivity contribution in [1.29, 1.82) is 0 Å². The van der Waals surface area contributed by atoms with Gasteiger partial charge in [-0.3, -0.25) is 5.10 Å². The second kappa shape index (κ2) is 7.00. The number of benzene rings is 2. The average molecular weight is 322 g/mol. The number of hydrogen-bond acceptors (Lipinski definition) is 3. The molecule has 5 nitrogen and oxygen atoms in total. The van der Waals surface area contributed by atoms with Gasteiger partial charge in [-0.15, -0.1) is 0 Å². The van der Waals surface area contributed by atoms with Crippen molar-refractivity contribution < 1.29 is 14.6 Å². The zero-order valence-electron chi connectivity index (χ0n) is 13.3. The number of carbonyl (C=O) groups is 1. The largest absolute Gasteiger partial charge is 0.489 e. The quantitative estimate of drug-likeness (QED) is 0.721. The van der Waals surface area contributed by atoms with Gasteiger partial charge in [0, 0.05) is 5.56 Å². The molecule has 5 heteroatoms. The highest BCUT2D eigenvalue weighted by Gasteiger charge is 2.11. The molecule has 24 heavy (non-hydrogen) atoms. The third-order valence-corrected chi connectivity index (χ3v) is 3.78. The molecule has 0 bridgehead atoms. The predicted octanol–water partition coefficient (Wildman–Crippen LogP) is 3.92. The van der Waals surface area contributed by atoms with Crippen LogP contribution in [-0.2, 0) is 13.0 Å². The standard InChI is InChI=1S/C19H18N2O3/c1-2-14-10-15(16-11-17(19(22)23)21-20-16)8-9-18(14)24-12-13-6-4-3-5-7-13/h3-11H,2,12H2,1H3,(H,20,21)(H,22,23). The number of carboxylic acid groups (broad SMARTS) is 1. The molecule has 0 aliphatic carbocycles. The van der Waals surface area contributed by atoms with Gasteiger partial charge in [-0.1, -0.05) is 37.3 Å².